The van der Waals surface area contributed by atoms with Crippen LogP contribution in [0.4, 0.5) is 5.82 Å². The van der Waals surface area contributed by atoms with Crippen LogP contribution in [-0.2, 0) is 11.0 Å². The fourth-order valence-electron chi connectivity index (χ4n) is 4.88. The Kier molecular flexibility index (Phi) is 7.83. The fraction of sp³-hybridized carbons (Fsp3) is 0.379. The second kappa shape index (κ2) is 11.3. The molecular formula is C29H32IN5O3. The van der Waals surface area contributed by atoms with Crippen LogP contribution < -0.4 is 10.1 Å². The Morgan fingerprint density at radius 3 is 2.53 bits per heavy atom. The van der Waals surface area contributed by atoms with Gasteiger partial charge in [0.2, 0.25) is 5.82 Å². The van der Waals surface area contributed by atoms with Crippen LogP contribution in [0.5, 0.6) is 5.75 Å². The van der Waals surface area contributed by atoms with E-state index in [-0.39, 0.29) is 11.9 Å². The van der Waals surface area contributed by atoms with Crippen molar-refractivity contribution >= 4 is 45.5 Å². The molecule has 0 unspecified atom stereocenters. The molecule has 0 spiro atoms. The van der Waals surface area contributed by atoms with E-state index in [1.54, 1.807) is 0 Å². The summed E-state index contributed by atoms with van der Waals surface area (Å²) in [4.78, 5) is 25.7. The van der Waals surface area contributed by atoms with Crippen LogP contribution in [0.2, 0.25) is 0 Å². The number of alkyl halides is 1. The lowest BCUT2D eigenvalue weighted by Crippen LogP contribution is -2.31. The molecule has 2 N–H and O–H groups in total. The molecule has 9 heteroatoms. The van der Waals surface area contributed by atoms with Crippen LogP contribution in [0.15, 0.2) is 42.5 Å². The van der Waals surface area contributed by atoms with E-state index in [0.29, 0.717) is 41.9 Å². The molecule has 1 atom stereocenters. The number of aromatic nitrogens is 4. The minimum Gasteiger partial charge on any atom is -0.493 e. The first-order valence-corrected chi connectivity index (χ1v) is 14.6. The highest BCUT2D eigenvalue weighted by molar-refractivity contribution is 14.1. The molecule has 0 amide bonds. The van der Waals surface area contributed by atoms with Gasteiger partial charge < -0.3 is 19.7 Å². The van der Waals surface area contributed by atoms with Gasteiger partial charge in [0.1, 0.15) is 17.1 Å². The van der Waals surface area contributed by atoms with E-state index in [2.05, 4.69) is 79.7 Å². The molecule has 1 aliphatic carbocycles. The molecule has 38 heavy (non-hydrogen) atoms. The maximum atomic E-state index is 12.0. The number of aryl methyl sites for hydroxylation is 1. The van der Waals surface area contributed by atoms with Crippen LogP contribution in [0.3, 0.4) is 0 Å². The number of nitrogens with zero attached hydrogens (tertiary/aromatic N) is 4. The molecule has 0 saturated heterocycles. The van der Waals surface area contributed by atoms with E-state index >= 15 is 0 Å². The van der Waals surface area contributed by atoms with Gasteiger partial charge >= 0.3 is 5.97 Å². The predicted octanol–water partition coefficient (Wildman–Crippen LogP) is 6.48. The van der Waals surface area contributed by atoms with Crippen molar-refractivity contribution in [2.75, 3.05) is 11.9 Å². The van der Waals surface area contributed by atoms with Crippen molar-refractivity contribution in [3.05, 3.63) is 65.0 Å². The van der Waals surface area contributed by atoms with Crippen molar-refractivity contribution in [3.8, 4) is 17.1 Å². The first-order chi connectivity index (χ1) is 18.4. The lowest BCUT2D eigenvalue weighted by Gasteiger charge is -2.32. The third-order valence-corrected chi connectivity index (χ3v) is 8.09. The zero-order valence-corrected chi connectivity index (χ0v) is 24.0. The monoisotopic (exact) mass is 625 g/mol. The molecule has 2 aromatic heterocycles. The summed E-state index contributed by atoms with van der Waals surface area (Å²) in [6, 6.07) is 14.7. The standard InChI is InChI=1S/C29H32IN5O3/c1-4-38-23-13-8-17(2)14-22(23)28-34-26-24(35(28)16-20-11-9-19(15-30)10-12-20)25(32-27(33-26)29(36)37)31-18(3)21-6-5-7-21/h8-14,18,21H,4-7,15-16H2,1-3H3,(H,36,37)(H,31,32,33)/t18-/m1/s1. The number of hydrogen-bond donors (Lipinski definition) is 2. The maximum Gasteiger partial charge on any atom is 0.374 e. The number of nitrogens with one attached hydrogen (secondary N) is 1. The number of carboxylic acid groups (broad SMARTS) is 1. The first kappa shape index (κ1) is 26.4. The van der Waals surface area contributed by atoms with E-state index < -0.39 is 5.97 Å². The van der Waals surface area contributed by atoms with Gasteiger partial charge in [-0.1, -0.05) is 64.9 Å². The number of fused-ring (bicyclic) bond motifs is 1. The second-order valence-corrected chi connectivity index (χ2v) is 10.7. The van der Waals surface area contributed by atoms with Crippen LogP contribution in [0.25, 0.3) is 22.6 Å². The molecule has 2 aromatic carbocycles. The van der Waals surface area contributed by atoms with Crippen LogP contribution in [0, 0.1) is 12.8 Å². The van der Waals surface area contributed by atoms with Gasteiger partial charge in [0.15, 0.2) is 11.5 Å². The Bertz CT molecular complexity index is 1460. The summed E-state index contributed by atoms with van der Waals surface area (Å²) in [5.74, 6) is 0.978. The van der Waals surface area contributed by atoms with E-state index in [9.17, 15) is 9.90 Å². The molecule has 0 radical (unpaired) electrons. The van der Waals surface area contributed by atoms with E-state index in [4.69, 9.17) is 9.72 Å². The lowest BCUT2D eigenvalue weighted by atomic mass is 9.80. The van der Waals surface area contributed by atoms with E-state index in [1.165, 1.54) is 12.0 Å². The molecule has 2 heterocycles. The minimum absolute atomic E-state index is 0.149. The zero-order chi connectivity index (χ0) is 26.8. The summed E-state index contributed by atoms with van der Waals surface area (Å²) in [7, 11) is 0. The summed E-state index contributed by atoms with van der Waals surface area (Å²) < 4.78 is 9.02. The number of benzene rings is 2. The maximum absolute atomic E-state index is 12.0. The second-order valence-electron chi connectivity index (χ2n) is 9.90. The molecule has 1 fully saturated rings. The van der Waals surface area contributed by atoms with E-state index in [0.717, 1.165) is 39.7 Å². The van der Waals surface area contributed by atoms with Gasteiger partial charge in [0, 0.05) is 17.0 Å². The molecular weight excluding hydrogens is 593 g/mol. The number of aromatic carboxylic acids is 1. The Morgan fingerprint density at radius 2 is 1.89 bits per heavy atom. The molecule has 0 aliphatic heterocycles. The molecule has 1 saturated carbocycles. The van der Waals surface area contributed by atoms with Gasteiger partial charge in [-0.25, -0.2) is 19.7 Å². The van der Waals surface area contributed by atoms with Crippen molar-refractivity contribution in [1.82, 2.24) is 19.5 Å². The summed E-state index contributed by atoms with van der Waals surface area (Å²) in [6.45, 7) is 7.16. The molecule has 198 valence electrons. The van der Waals surface area contributed by atoms with Gasteiger partial charge in [-0.2, -0.15) is 0 Å². The third kappa shape index (κ3) is 5.34. The summed E-state index contributed by atoms with van der Waals surface area (Å²) >= 11 is 2.36. The third-order valence-electron chi connectivity index (χ3n) is 7.21. The van der Waals surface area contributed by atoms with Crippen LogP contribution in [-0.4, -0.2) is 43.2 Å². The summed E-state index contributed by atoms with van der Waals surface area (Å²) in [5, 5.41) is 13.3. The van der Waals surface area contributed by atoms with Crippen molar-refractivity contribution < 1.29 is 14.6 Å². The average molecular weight is 626 g/mol. The number of carbonyl (C=O) groups is 1. The van der Waals surface area contributed by atoms with Crippen molar-refractivity contribution in [2.24, 2.45) is 5.92 Å². The first-order valence-electron chi connectivity index (χ1n) is 13.0. The van der Waals surface area contributed by atoms with Crippen molar-refractivity contribution in [2.45, 2.75) is 57.0 Å². The fourth-order valence-corrected chi connectivity index (χ4v) is 5.39. The lowest BCUT2D eigenvalue weighted by molar-refractivity contribution is 0.0684. The highest BCUT2D eigenvalue weighted by atomic mass is 127. The average Bonchev–Trinajstić information content (AvgIpc) is 3.22. The Morgan fingerprint density at radius 1 is 1.16 bits per heavy atom. The number of ether oxygens (including phenoxy) is 1. The number of halogens is 1. The van der Waals surface area contributed by atoms with Crippen molar-refractivity contribution in [3.63, 3.8) is 0 Å². The highest BCUT2D eigenvalue weighted by Crippen LogP contribution is 2.36. The number of rotatable bonds is 10. The number of carboxylic acids is 1. The summed E-state index contributed by atoms with van der Waals surface area (Å²) in [5.41, 5.74) is 5.31. The normalized spacial score (nSPS) is 14.3. The Labute approximate surface area is 236 Å². The topological polar surface area (TPSA) is 102 Å². The largest absolute Gasteiger partial charge is 0.493 e. The van der Waals surface area contributed by atoms with Gasteiger partial charge in [-0.05, 0) is 62.8 Å². The minimum atomic E-state index is -1.18. The Balaban J connectivity index is 1.74. The zero-order valence-electron chi connectivity index (χ0n) is 21.9. The quantitative estimate of drug-likeness (QED) is 0.154. The van der Waals surface area contributed by atoms with Gasteiger partial charge in [0.25, 0.3) is 0 Å². The number of imidazole rings is 1. The molecule has 4 aromatic rings. The number of anilines is 1. The smallest absolute Gasteiger partial charge is 0.374 e. The molecule has 8 nitrogen and oxygen atoms in total. The van der Waals surface area contributed by atoms with Gasteiger partial charge in [0.05, 0.1) is 12.2 Å². The van der Waals surface area contributed by atoms with E-state index in [1.807, 2.05) is 26.0 Å². The summed E-state index contributed by atoms with van der Waals surface area (Å²) in [6.07, 6.45) is 3.53. The number of hydrogen-bond acceptors (Lipinski definition) is 6. The molecule has 5 rings (SSSR count). The Hall–Kier alpha value is -3.21. The molecule has 0 bridgehead atoms. The van der Waals surface area contributed by atoms with Crippen LogP contribution in [0.1, 0.15) is 60.4 Å². The van der Waals surface area contributed by atoms with Crippen molar-refractivity contribution in [1.29, 1.82) is 0 Å². The van der Waals surface area contributed by atoms with Gasteiger partial charge in [-0.15, -0.1) is 0 Å². The van der Waals surface area contributed by atoms with Gasteiger partial charge in [-0.3, -0.25) is 0 Å². The molecule has 1 aliphatic rings. The highest BCUT2D eigenvalue weighted by Gasteiger charge is 2.28. The predicted molar refractivity (Wildman–Crippen MR) is 157 cm³/mol. The van der Waals surface area contributed by atoms with Crippen LogP contribution >= 0.6 is 22.6 Å². The SMILES string of the molecule is CCOc1ccc(C)cc1-c1nc2nc(C(=O)O)nc(N[C@H](C)C3CCC3)c2n1Cc1ccc(CI)cc1.